The maximum atomic E-state index is 14.2. The van der Waals surface area contributed by atoms with Crippen molar-refractivity contribution in [2.45, 2.75) is 18.8 Å². The number of nitrogens with zero attached hydrogens (tertiary/aromatic N) is 1. The Morgan fingerprint density at radius 3 is 2.71 bits per heavy atom. The number of amides is 2. The van der Waals surface area contributed by atoms with Crippen LogP contribution in [0.4, 0.5) is 8.78 Å². The van der Waals surface area contributed by atoms with Crippen molar-refractivity contribution in [3.63, 3.8) is 0 Å². The van der Waals surface area contributed by atoms with Crippen LogP contribution in [0.1, 0.15) is 23.2 Å². The number of rotatable bonds is 2. The summed E-state index contributed by atoms with van der Waals surface area (Å²) in [5, 5.41) is 2.82. The molecule has 0 saturated carbocycles. The van der Waals surface area contributed by atoms with Crippen LogP contribution in [0.25, 0.3) is 0 Å². The molecular formula is C16H17ClF2N2O3. The van der Waals surface area contributed by atoms with E-state index in [4.69, 9.17) is 16.3 Å². The second-order valence-corrected chi connectivity index (χ2v) is 6.74. The number of halogens is 3. The van der Waals surface area contributed by atoms with E-state index in [9.17, 15) is 18.4 Å². The van der Waals surface area contributed by atoms with Gasteiger partial charge in [-0.25, -0.2) is 8.78 Å². The van der Waals surface area contributed by atoms with E-state index >= 15 is 0 Å². The summed E-state index contributed by atoms with van der Waals surface area (Å²) in [6.07, 6.45) is -0.229. The molecule has 0 radical (unpaired) electrons. The van der Waals surface area contributed by atoms with Crippen molar-refractivity contribution in [2.24, 2.45) is 5.41 Å². The first kappa shape index (κ1) is 17.0. The fourth-order valence-corrected chi connectivity index (χ4v) is 3.73. The van der Waals surface area contributed by atoms with Gasteiger partial charge in [0.25, 0.3) is 11.8 Å². The minimum Gasteiger partial charge on any atom is -0.495 e. The lowest BCUT2D eigenvalue weighted by molar-refractivity contribution is -0.144. The molecule has 2 heterocycles. The van der Waals surface area contributed by atoms with Crippen molar-refractivity contribution in [1.29, 1.82) is 0 Å². The lowest BCUT2D eigenvalue weighted by Crippen LogP contribution is -2.56. The molecule has 2 aliphatic rings. The standard InChI is InChI=1S/C16H17ClF2N2O3/c1-24-12-3-2-10(6-11(12)17)13(22)21-8-15(4-5-20-14(15)23)7-16(18,19)9-21/h2-3,6H,4-5,7-9H2,1H3,(H,20,23)/t15-/m0/s1. The van der Waals surface area contributed by atoms with E-state index in [0.717, 1.165) is 4.90 Å². The second kappa shape index (κ2) is 5.88. The third-order valence-corrected chi connectivity index (χ3v) is 4.86. The van der Waals surface area contributed by atoms with E-state index < -0.39 is 36.1 Å². The Balaban J connectivity index is 1.88. The minimum atomic E-state index is -3.11. The van der Waals surface area contributed by atoms with Crippen molar-refractivity contribution < 1.29 is 23.1 Å². The molecule has 0 aromatic heterocycles. The molecule has 2 amide bonds. The Hall–Kier alpha value is -1.89. The minimum absolute atomic E-state index is 0.0170. The summed E-state index contributed by atoms with van der Waals surface area (Å²) in [5.74, 6) is -3.69. The van der Waals surface area contributed by atoms with Gasteiger partial charge in [-0.3, -0.25) is 9.59 Å². The highest BCUT2D eigenvalue weighted by Gasteiger charge is 2.55. The van der Waals surface area contributed by atoms with Gasteiger partial charge >= 0.3 is 0 Å². The molecule has 1 spiro atoms. The molecular weight excluding hydrogens is 342 g/mol. The van der Waals surface area contributed by atoms with Gasteiger partial charge in [0.1, 0.15) is 5.75 Å². The van der Waals surface area contributed by atoms with Crippen LogP contribution in [0.2, 0.25) is 5.02 Å². The summed E-state index contributed by atoms with van der Waals surface area (Å²) >= 11 is 6.00. The maximum Gasteiger partial charge on any atom is 0.266 e. The van der Waals surface area contributed by atoms with Crippen molar-refractivity contribution >= 4 is 23.4 Å². The van der Waals surface area contributed by atoms with Crippen LogP contribution >= 0.6 is 11.6 Å². The van der Waals surface area contributed by atoms with Crippen LogP contribution in [-0.2, 0) is 4.79 Å². The highest BCUT2D eigenvalue weighted by Crippen LogP contribution is 2.43. The van der Waals surface area contributed by atoms with E-state index in [0.29, 0.717) is 18.7 Å². The van der Waals surface area contributed by atoms with Crippen LogP contribution in [0.15, 0.2) is 18.2 Å². The zero-order chi connectivity index (χ0) is 17.5. The Labute approximate surface area is 142 Å². The first-order valence-corrected chi connectivity index (χ1v) is 7.93. The summed E-state index contributed by atoms with van der Waals surface area (Å²) < 4.78 is 33.4. The number of benzene rings is 1. The van der Waals surface area contributed by atoms with E-state index in [1.165, 1.54) is 25.3 Å². The Morgan fingerprint density at radius 1 is 1.38 bits per heavy atom. The third kappa shape index (κ3) is 2.92. The number of alkyl halides is 2. The number of carbonyl (C=O) groups excluding carboxylic acids is 2. The topological polar surface area (TPSA) is 58.6 Å². The SMILES string of the molecule is COc1ccc(C(=O)N2CC(F)(F)C[C@@]3(CCNC3=O)C2)cc1Cl. The lowest BCUT2D eigenvalue weighted by Gasteiger charge is -2.42. The van der Waals surface area contributed by atoms with Gasteiger partial charge in [-0.05, 0) is 24.6 Å². The van der Waals surface area contributed by atoms with Crippen LogP contribution in [-0.4, -0.2) is 49.4 Å². The molecule has 2 aliphatic heterocycles. The molecule has 0 unspecified atom stereocenters. The van der Waals surface area contributed by atoms with Gasteiger partial charge in [-0.2, -0.15) is 0 Å². The van der Waals surface area contributed by atoms with Crippen molar-refractivity contribution in [3.05, 3.63) is 28.8 Å². The molecule has 5 nitrogen and oxygen atoms in total. The van der Waals surface area contributed by atoms with Crippen molar-refractivity contribution in [1.82, 2.24) is 10.2 Å². The van der Waals surface area contributed by atoms with Crippen LogP contribution in [0, 0.1) is 5.41 Å². The molecule has 2 fully saturated rings. The average Bonchev–Trinajstić information content (AvgIpc) is 2.84. The normalized spacial score (nSPS) is 25.7. The van der Waals surface area contributed by atoms with Crippen LogP contribution in [0.5, 0.6) is 5.75 Å². The molecule has 24 heavy (non-hydrogen) atoms. The highest BCUT2D eigenvalue weighted by molar-refractivity contribution is 6.32. The van der Waals surface area contributed by atoms with E-state index in [1.807, 2.05) is 0 Å². The Bertz CT molecular complexity index is 698. The largest absolute Gasteiger partial charge is 0.495 e. The predicted octanol–water partition coefficient (Wildman–Crippen LogP) is 2.34. The van der Waals surface area contributed by atoms with Gasteiger partial charge < -0.3 is 15.0 Å². The molecule has 0 aliphatic carbocycles. The first-order chi connectivity index (χ1) is 11.3. The van der Waals surface area contributed by atoms with Crippen molar-refractivity contribution in [2.75, 3.05) is 26.7 Å². The van der Waals surface area contributed by atoms with E-state index in [1.54, 1.807) is 0 Å². The quantitative estimate of drug-likeness (QED) is 0.882. The second-order valence-electron chi connectivity index (χ2n) is 6.33. The van der Waals surface area contributed by atoms with Crippen LogP contribution < -0.4 is 10.1 Å². The number of piperidine rings is 1. The molecule has 1 aromatic rings. The fourth-order valence-electron chi connectivity index (χ4n) is 3.47. The highest BCUT2D eigenvalue weighted by atomic mass is 35.5. The van der Waals surface area contributed by atoms with Crippen molar-refractivity contribution in [3.8, 4) is 5.75 Å². The summed E-state index contributed by atoms with van der Waals surface area (Å²) in [6, 6.07) is 4.37. The first-order valence-electron chi connectivity index (χ1n) is 7.55. The zero-order valence-electron chi connectivity index (χ0n) is 13.1. The summed E-state index contributed by atoms with van der Waals surface area (Å²) in [4.78, 5) is 25.8. The molecule has 3 rings (SSSR count). The van der Waals surface area contributed by atoms with Crippen LogP contribution in [0.3, 0.4) is 0 Å². The summed E-state index contributed by atoms with van der Waals surface area (Å²) in [7, 11) is 1.44. The van der Waals surface area contributed by atoms with Gasteiger partial charge in [0, 0.05) is 25.1 Å². The number of ether oxygens (including phenoxy) is 1. The maximum absolute atomic E-state index is 14.2. The number of methoxy groups -OCH3 is 1. The van der Waals surface area contributed by atoms with Gasteiger partial charge in [-0.1, -0.05) is 11.6 Å². The van der Waals surface area contributed by atoms with Gasteiger partial charge in [0.2, 0.25) is 5.91 Å². The molecule has 0 bridgehead atoms. The molecule has 1 atom stereocenters. The third-order valence-electron chi connectivity index (χ3n) is 4.57. The molecule has 1 N–H and O–H groups in total. The molecule has 130 valence electrons. The zero-order valence-corrected chi connectivity index (χ0v) is 13.8. The summed E-state index contributed by atoms with van der Waals surface area (Å²) in [5.41, 5.74) is -1.03. The predicted molar refractivity (Wildman–Crippen MR) is 83.5 cm³/mol. The van der Waals surface area contributed by atoms with Gasteiger partial charge in [0.05, 0.1) is 24.1 Å². The molecule has 8 heteroatoms. The number of likely N-dealkylation sites (tertiary alicyclic amines) is 1. The number of hydrogen-bond acceptors (Lipinski definition) is 3. The molecule has 1 aromatic carbocycles. The monoisotopic (exact) mass is 358 g/mol. The lowest BCUT2D eigenvalue weighted by atomic mass is 9.77. The Kier molecular flexibility index (Phi) is 4.15. The molecule has 2 saturated heterocycles. The smallest absolute Gasteiger partial charge is 0.266 e. The fraction of sp³-hybridized carbons (Fsp3) is 0.500. The average molecular weight is 359 g/mol. The number of nitrogens with one attached hydrogen (secondary N) is 1. The number of carbonyl (C=O) groups is 2. The van der Waals surface area contributed by atoms with Gasteiger partial charge in [0.15, 0.2) is 0 Å². The number of hydrogen-bond donors (Lipinski definition) is 1. The Morgan fingerprint density at radius 2 is 2.12 bits per heavy atom. The van der Waals surface area contributed by atoms with E-state index in [-0.39, 0.29) is 17.1 Å². The summed E-state index contributed by atoms with van der Waals surface area (Å²) in [6.45, 7) is -0.368. The van der Waals surface area contributed by atoms with E-state index in [2.05, 4.69) is 5.32 Å². The van der Waals surface area contributed by atoms with Gasteiger partial charge in [-0.15, -0.1) is 0 Å².